The number of unbranched alkanes of at least 4 members (excludes halogenated alkanes) is 3. The van der Waals surface area contributed by atoms with E-state index in [-0.39, 0.29) is 12.0 Å². The number of amides is 2. The number of benzene rings is 1. The number of methoxy groups -OCH3 is 2. The maximum Gasteiger partial charge on any atom is 0.314 e. The molecule has 0 aliphatic heterocycles. The Morgan fingerprint density at radius 2 is 1.63 bits per heavy atom. The number of nitrogens with one attached hydrogen (secondary N) is 2. The van der Waals surface area contributed by atoms with Gasteiger partial charge in [-0.1, -0.05) is 18.9 Å². The number of ether oxygens (including phenoxy) is 3. The number of rotatable bonds is 13. The van der Waals surface area contributed by atoms with Crippen LogP contribution in [-0.4, -0.2) is 45.9 Å². The highest BCUT2D eigenvalue weighted by Gasteiger charge is 2.05. The highest BCUT2D eigenvalue weighted by atomic mass is 16.5. The minimum absolute atomic E-state index is 0.135. The van der Waals surface area contributed by atoms with E-state index in [9.17, 15) is 9.59 Å². The highest BCUT2D eigenvalue weighted by molar-refractivity contribution is 5.73. The number of hydrogen-bond acceptors (Lipinski definition) is 5. The zero-order valence-electron chi connectivity index (χ0n) is 16.6. The summed E-state index contributed by atoms with van der Waals surface area (Å²) in [7, 11) is 3.20. The molecular formula is C20H32N2O5. The maximum atomic E-state index is 11.8. The lowest BCUT2D eigenvalue weighted by molar-refractivity contribution is -0.143. The van der Waals surface area contributed by atoms with E-state index in [2.05, 4.69) is 10.6 Å². The number of urea groups is 1. The van der Waals surface area contributed by atoms with Gasteiger partial charge in [0.2, 0.25) is 0 Å². The van der Waals surface area contributed by atoms with E-state index in [1.54, 1.807) is 14.2 Å². The van der Waals surface area contributed by atoms with E-state index in [1.165, 1.54) is 0 Å². The normalized spacial score (nSPS) is 10.2. The van der Waals surface area contributed by atoms with E-state index in [4.69, 9.17) is 14.2 Å². The molecular weight excluding hydrogens is 348 g/mol. The van der Waals surface area contributed by atoms with Crippen LogP contribution < -0.4 is 20.1 Å². The van der Waals surface area contributed by atoms with E-state index >= 15 is 0 Å². The summed E-state index contributed by atoms with van der Waals surface area (Å²) in [6.07, 6.45) is 4.84. The molecule has 7 nitrogen and oxygen atoms in total. The van der Waals surface area contributed by atoms with Gasteiger partial charge in [0.15, 0.2) is 11.5 Å². The zero-order chi connectivity index (χ0) is 19.9. The maximum absolute atomic E-state index is 11.8. The molecule has 0 aromatic heterocycles. The molecule has 27 heavy (non-hydrogen) atoms. The molecule has 0 heterocycles. The fourth-order valence-corrected chi connectivity index (χ4v) is 2.60. The molecule has 2 amide bonds. The van der Waals surface area contributed by atoms with Gasteiger partial charge in [-0.15, -0.1) is 0 Å². The third-order valence-electron chi connectivity index (χ3n) is 4.05. The van der Waals surface area contributed by atoms with Crippen LogP contribution in [0.4, 0.5) is 4.79 Å². The summed E-state index contributed by atoms with van der Waals surface area (Å²) < 4.78 is 15.4. The molecule has 0 saturated heterocycles. The summed E-state index contributed by atoms with van der Waals surface area (Å²) in [5, 5.41) is 5.69. The van der Waals surface area contributed by atoms with Crippen molar-refractivity contribution in [1.82, 2.24) is 10.6 Å². The topological polar surface area (TPSA) is 85.9 Å². The van der Waals surface area contributed by atoms with Crippen LogP contribution in [0.2, 0.25) is 0 Å². The SMILES string of the molecule is CCOC(=O)CCCCCCNC(=O)NCCc1ccc(OC)c(OC)c1. The first-order valence-electron chi connectivity index (χ1n) is 9.49. The Morgan fingerprint density at radius 1 is 0.926 bits per heavy atom. The summed E-state index contributed by atoms with van der Waals surface area (Å²) in [5.41, 5.74) is 1.06. The summed E-state index contributed by atoms with van der Waals surface area (Å²) in [6.45, 7) is 3.41. The minimum atomic E-state index is -0.165. The van der Waals surface area contributed by atoms with Gasteiger partial charge in [-0.25, -0.2) is 4.79 Å². The molecule has 0 bridgehead atoms. The lowest BCUT2D eigenvalue weighted by atomic mass is 10.1. The van der Waals surface area contributed by atoms with Crippen molar-refractivity contribution in [2.24, 2.45) is 0 Å². The lowest BCUT2D eigenvalue weighted by Crippen LogP contribution is -2.37. The van der Waals surface area contributed by atoms with Crippen LogP contribution >= 0.6 is 0 Å². The van der Waals surface area contributed by atoms with Crippen LogP contribution in [0.1, 0.15) is 44.6 Å². The summed E-state index contributed by atoms with van der Waals surface area (Å²) in [5.74, 6) is 1.24. The van der Waals surface area contributed by atoms with Crippen molar-refractivity contribution >= 4 is 12.0 Å². The minimum Gasteiger partial charge on any atom is -0.493 e. The van der Waals surface area contributed by atoms with Gasteiger partial charge in [-0.2, -0.15) is 0 Å². The Bertz CT molecular complexity index is 577. The van der Waals surface area contributed by atoms with Gasteiger partial charge in [0.25, 0.3) is 0 Å². The number of hydrogen-bond donors (Lipinski definition) is 2. The largest absolute Gasteiger partial charge is 0.493 e. The van der Waals surface area contributed by atoms with Crippen molar-refractivity contribution in [2.75, 3.05) is 33.9 Å². The molecule has 1 rings (SSSR count). The van der Waals surface area contributed by atoms with Crippen molar-refractivity contribution in [1.29, 1.82) is 0 Å². The van der Waals surface area contributed by atoms with E-state index in [0.717, 1.165) is 31.2 Å². The Hall–Kier alpha value is -2.44. The van der Waals surface area contributed by atoms with Gasteiger partial charge in [0.1, 0.15) is 0 Å². The molecule has 0 spiro atoms. The van der Waals surface area contributed by atoms with Crippen molar-refractivity contribution in [3.8, 4) is 11.5 Å². The predicted molar refractivity (Wildman–Crippen MR) is 104 cm³/mol. The molecule has 0 fully saturated rings. The number of carbonyl (C=O) groups excluding carboxylic acids is 2. The fourth-order valence-electron chi connectivity index (χ4n) is 2.60. The molecule has 0 aliphatic rings. The van der Waals surface area contributed by atoms with Crippen LogP contribution in [0.15, 0.2) is 18.2 Å². The van der Waals surface area contributed by atoms with Gasteiger partial charge >= 0.3 is 12.0 Å². The summed E-state index contributed by atoms with van der Waals surface area (Å²) >= 11 is 0. The van der Waals surface area contributed by atoms with Gasteiger partial charge in [-0.05, 0) is 43.9 Å². The van der Waals surface area contributed by atoms with E-state index < -0.39 is 0 Å². The van der Waals surface area contributed by atoms with Gasteiger partial charge in [0, 0.05) is 19.5 Å². The first-order chi connectivity index (χ1) is 13.1. The smallest absolute Gasteiger partial charge is 0.314 e. The first kappa shape index (κ1) is 22.6. The first-order valence-corrected chi connectivity index (χ1v) is 9.49. The molecule has 0 radical (unpaired) electrons. The van der Waals surface area contributed by atoms with Crippen molar-refractivity contribution in [3.05, 3.63) is 23.8 Å². The third kappa shape index (κ3) is 9.72. The van der Waals surface area contributed by atoms with Gasteiger partial charge in [0.05, 0.1) is 20.8 Å². The Kier molecular flexibility index (Phi) is 11.5. The highest BCUT2D eigenvalue weighted by Crippen LogP contribution is 2.27. The second-order valence-corrected chi connectivity index (χ2v) is 6.09. The molecule has 0 atom stereocenters. The average molecular weight is 380 g/mol. The van der Waals surface area contributed by atoms with Crippen LogP contribution in [-0.2, 0) is 16.0 Å². The Morgan fingerprint density at radius 3 is 2.33 bits per heavy atom. The molecule has 0 saturated carbocycles. The zero-order valence-corrected chi connectivity index (χ0v) is 16.6. The quantitative estimate of drug-likeness (QED) is 0.406. The Balaban J connectivity index is 2.08. The molecule has 2 N–H and O–H groups in total. The van der Waals surface area contributed by atoms with Crippen LogP contribution in [0, 0.1) is 0 Å². The monoisotopic (exact) mass is 380 g/mol. The molecule has 1 aromatic carbocycles. The number of esters is 1. The molecule has 0 aliphatic carbocycles. The second kappa shape index (κ2) is 13.7. The van der Waals surface area contributed by atoms with Gasteiger partial charge < -0.3 is 24.8 Å². The van der Waals surface area contributed by atoms with E-state index in [0.29, 0.717) is 44.0 Å². The van der Waals surface area contributed by atoms with Crippen LogP contribution in [0.25, 0.3) is 0 Å². The van der Waals surface area contributed by atoms with Crippen molar-refractivity contribution < 1.29 is 23.8 Å². The number of carbonyl (C=O) groups is 2. The summed E-state index contributed by atoms with van der Waals surface area (Å²) in [4.78, 5) is 23.0. The lowest BCUT2D eigenvalue weighted by Gasteiger charge is -2.10. The Labute approximate surface area is 161 Å². The van der Waals surface area contributed by atoms with Crippen LogP contribution in [0.5, 0.6) is 11.5 Å². The van der Waals surface area contributed by atoms with Crippen LogP contribution in [0.3, 0.4) is 0 Å². The molecule has 152 valence electrons. The molecule has 7 heteroatoms. The van der Waals surface area contributed by atoms with E-state index in [1.807, 2.05) is 25.1 Å². The molecule has 1 aromatic rings. The fraction of sp³-hybridized carbons (Fsp3) is 0.600. The average Bonchev–Trinajstić information content (AvgIpc) is 2.67. The third-order valence-corrected chi connectivity index (χ3v) is 4.05. The standard InChI is InChI=1S/C20H32N2O5/c1-4-27-19(23)9-7-5-6-8-13-21-20(24)22-14-12-16-10-11-17(25-2)18(15-16)26-3/h10-11,15H,4-9,12-14H2,1-3H3,(H2,21,22,24). The summed E-state index contributed by atoms with van der Waals surface area (Å²) in [6, 6.07) is 5.56. The van der Waals surface area contributed by atoms with Crippen molar-refractivity contribution in [3.63, 3.8) is 0 Å². The second-order valence-electron chi connectivity index (χ2n) is 6.09. The van der Waals surface area contributed by atoms with Gasteiger partial charge in [-0.3, -0.25) is 4.79 Å². The predicted octanol–water partition coefficient (Wildman–Crippen LogP) is 3.06. The van der Waals surface area contributed by atoms with Crippen molar-refractivity contribution in [2.45, 2.75) is 45.4 Å². The molecule has 0 unspecified atom stereocenters.